The van der Waals surface area contributed by atoms with E-state index in [1.807, 2.05) is 30.3 Å². The molecule has 0 radical (unpaired) electrons. The van der Waals surface area contributed by atoms with Crippen molar-refractivity contribution in [1.29, 1.82) is 0 Å². The average Bonchev–Trinajstić information content (AvgIpc) is 2.65. The molecule has 0 saturated heterocycles. The van der Waals surface area contributed by atoms with Crippen LogP contribution in [0.1, 0.15) is 29.3 Å². The normalized spacial score (nSPS) is 11.7. The molecular weight excluding hydrogens is 372 g/mol. The maximum atomic E-state index is 12.6. The Labute approximate surface area is 162 Å². The van der Waals surface area contributed by atoms with Crippen LogP contribution in [0.15, 0.2) is 42.5 Å². The van der Waals surface area contributed by atoms with Gasteiger partial charge in [-0.2, -0.15) is 0 Å². The van der Waals surface area contributed by atoms with Crippen LogP contribution in [0.4, 0.5) is 0 Å². The Hall–Kier alpha value is -2.57. The molecule has 7 heteroatoms. The number of carbonyl (C=O) groups excluding carboxylic acids is 1. The first-order valence-electron chi connectivity index (χ1n) is 8.31. The van der Waals surface area contributed by atoms with E-state index in [1.165, 1.54) is 13.2 Å². The minimum Gasteiger partial charge on any atom is -0.487 e. The molecule has 0 heterocycles. The zero-order chi connectivity index (χ0) is 19.8. The van der Waals surface area contributed by atoms with Crippen LogP contribution in [0.25, 0.3) is 0 Å². The Balaban J connectivity index is 2.28. The highest BCUT2D eigenvalue weighted by molar-refractivity contribution is 6.34. The van der Waals surface area contributed by atoms with Crippen molar-refractivity contribution in [2.24, 2.45) is 5.92 Å². The van der Waals surface area contributed by atoms with E-state index in [4.69, 9.17) is 30.9 Å². The number of hydrogen-bond donors (Lipinski definition) is 1. The SMILES string of the molecule is COCOc1c(C(=O)C(C)CC(=O)O)ccc(OCc2ccccc2)c1Cl. The van der Waals surface area contributed by atoms with Crippen molar-refractivity contribution in [3.63, 3.8) is 0 Å². The van der Waals surface area contributed by atoms with Gasteiger partial charge in [-0.3, -0.25) is 9.59 Å². The number of hydrogen-bond acceptors (Lipinski definition) is 5. The largest absolute Gasteiger partial charge is 0.487 e. The second kappa shape index (κ2) is 9.94. The van der Waals surface area contributed by atoms with E-state index in [0.29, 0.717) is 12.4 Å². The maximum Gasteiger partial charge on any atom is 0.304 e. The topological polar surface area (TPSA) is 82.1 Å². The van der Waals surface area contributed by atoms with Gasteiger partial charge in [-0.1, -0.05) is 48.9 Å². The second-order valence-electron chi connectivity index (χ2n) is 5.94. The number of ketones is 1. The lowest BCUT2D eigenvalue weighted by atomic mass is 9.95. The lowest BCUT2D eigenvalue weighted by molar-refractivity contribution is -0.137. The zero-order valence-corrected chi connectivity index (χ0v) is 15.9. The predicted octanol–water partition coefficient (Wildman–Crippen LogP) is 4.20. The number of Topliss-reactive ketones (excluding diaryl/α,β-unsaturated/α-hetero) is 1. The van der Waals surface area contributed by atoms with E-state index >= 15 is 0 Å². The highest BCUT2D eigenvalue weighted by Crippen LogP contribution is 2.39. The van der Waals surface area contributed by atoms with Crippen molar-refractivity contribution in [3.8, 4) is 11.5 Å². The van der Waals surface area contributed by atoms with Gasteiger partial charge in [0.2, 0.25) is 0 Å². The Morgan fingerprint density at radius 2 is 1.81 bits per heavy atom. The number of halogens is 1. The fraction of sp³-hybridized carbons (Fsp3) is 0.300. The van der Waals surface area contributed by atoms with Crippen LogP contribution in [-0.2, 0) is 16.1 Å². The van der Waals surface area contributed by atoms with Crippen LogP contribution in [0, 0.1) is 5.92 Å². The van der Waals surface area contributed by atoms with Gasteiger partial charge in [-0.25, -0.2) is 0 Å². The fourth-order valence-corrected chi connectivity index (χ4v) is 2.73. The molecule has 1 unspecified atom stereocenters. The smallest absolute Gasteiger partial charge is 0.304 e. The number of rotatable bonds is 10. The summed E-state index contributed by atoms with van der Waals surface area (Å²) in [6.07, 6.45) is -0.285. The fourth-order valence-electron chi connectivity index (χ4n) is 2.46. The first kappa shape index (κ1) is 20.7. The third-order valence-electron chi connectivity index (χ3n) is 3.81. The van der Waals surface area contributed by atoms with Crippen molar-refractivity contribution < 1.29 is 28.9 Å². The van der Waals surface area contributed by atoms with Gasteiger partial charge < -0.3 is 19.3 Å². The summed E-state index contributed by atoms with van der Waals surface area (Å²) < 4.78 is 16.1. The van der Waals surface area contributed by atoms with Gasteiger partial charge in [0.15, 0.2) is 18.3 Å². The molecule has 2 aromatic rings. The number of carboxylic acids is 1. The number of ether oxygens (including phenoxy) is 3. The van der Waals surface area contributed by atoms with Gasteiger partial charge in [-0.05, 0) is 17.7 Å². The molecule has 0 fully saturated rings. The molecule has 0 aliphatic rings. The highest BCUT2D eigenvalue weighted by Gasteiger charge is 2.25. The summed E-state index contributed by atoms with van der Waals surface area (Å²) in [5.41, 5.74) is 1.15. The van der Waals surface area contributed by atoms with Crippen LogP contribution in [0.5, 0.6) is 11.5 Å². The summed E-state index contributed by atoms with van der Waals surface area (Å²) >= 11 is 6.40. The summed E-state index contributed by atoms with van der Waals surface area (Å²) in [4.78, 5) is 23.5. The molecule has 0 bridgehead atoms. The van der Waals surface area contributed by atoms with Crippen LogP contribution >= 0.6 is 11.6 Å². The summed E-state index contributed by atoms with van der Waals surface area (Å²) in [7, 11) is 1.44. The lowest BCUT2D eigenvalue weighted by Gasteiger charge is -2.17. The van der Waals surface area contributed by atoms with Gasteiger partial charge in [0, 0.05) is 13.0 Å². The van der Waals surface area contributed by atoms with Crippen molar-refractivity contribution in [2.75, 3.05) is 13.9 Å². The van der Waals surface area contributed by atoms with Crippen molar-refractivity contribution in [3.05, 3.63) is 58.6 Å². The highest BCUT2D eigenvalue weighted by atomic mass is 35.5. The molecule has 144 valence electrons. The average molecular weight is 393 g/mol. The Kier molecular flexibility index (Phi) is 7.64. The van der Waals surface area contributed by atoms with Gasteiger partial charge >= 0.3 is 5.97 Å². The standard InChI is InChI=1S/C20H21ClO6/c1-13(10-17(22)23)19(24)15-8-9-16(18(21)20(15)27-12-25-2)26-11-14-6-4-3-5-7-14/h3-9,13H,10-12H2,1-2H3,(H,22,23). The van der Waals surface area contributed by atoms with E-state index in [-0.39, 0.29) is 35.3 Å². The van der Waals surface area contributed by atoms with Crippen LogP contribution in [0.2, 0.25) is 5.02 Å². The van der Waals surface area contributed by atoms with Gasteiger partial charge in [0.1, 0.15) is 17.4 Å². The first-order chi connectivity index (χ1) is 12.9. The molecule has 0 amide bonds. The predicted molar refractivity (Wildman–Crippen MR) is 100 cm³/mol. The molecule has 1 N–H and O–H groups in total. The van der Waals surface area contributed by atoms with E-state index in [0.717, 1.165) is 5.56 Å². The summed E-state index contributed by atoms with van der Waals surface area (Å²) in [6, 6.07) is 12.6. The maximum absolute atomic E-state index is 12.6. The van der Waals surface area contributed by atoms with Gasteiger partial charge in [0.05, 0.1) is 12.0 Å². The molecule has 0 aliphatic carbocycles. The minimum absolute atomic E-state index is 0.116. The molecule has 0 aromatic heterocycles. The van der Waals surface area contributed by atoms with Crippen LogP contribution in [-0.4, -0.2) is 30.8 Å². The van der Waals surface area contributed by atoms with Crippen LogP contribution < -0.4 is 9.47 Å². The summed E-state index contributed by atoms with van der Waals surface area (Å²) in [5, 5.41) is 9.05. The quantitative estimate of drug-likeness (QED) is 0.482. The first-order valence-corrected chi connectivity index (χ1v) is 8.68. The van der Waals surface area contributed by atoms with Gasteiger partial charge in [-0.15, -0.1) is 0 Å². The number of carbonyl (C=O) groups is 2. The number of benzene rings is 2. The Bertz CT molecular complexity index is 791. The molecule has 27 heavy (non-hydrogen) atoms. The number of aliphatic carboxylic acids is 1. The minimum atomic E-state index is -1.05. The number of methoxy groups -OCH3 is 1. The third-order valence-corrected chi connectivity index (χ3v) is 4.17. The van der Waals surface area contributed by atoms with E-state index < -0.39 is 11.9 Å². The lowest BCUT2D eigenvalue weighted by Crippen LogP contribution is -2.17. The van der Waals surface area contributed by atoms with E-state index in [2.05, 4.69) is 0 Å². The van der Waals surface area contributed by atoms with Crippen LogP contribution in [0.3, 0.4) is 0 Å². The third kappa shape index (κ3) is 5.70. The van der Waals surface area contributed by atoms with Crippen molar-refractivity contribution in [2.45, 2.75) is 20.0 Å². The Morgan fingerprint density at radius 1 is 1.11 bits per heavy atom. The van der Waals surface area contributed by atoms with Gasteiger partial charge in [0.25, 0.3) is 0 Å². The number of carboxylic acid groups (broad SMARTS) is 1. The Morgan fingerprint density at radius 3 is 2.44 bits per heavy atom. The monoisotopic (exact) mass is 392 g/mol. The summed E-state index contributed by atoms with van der Waals surface area (Å²) in [6.45, 7) is 1.73. The zero-order valence-electron chi connectivity index (χ0n) is 15.1. The molecule has 0 saturated carbocycles. The molecule has 1 atom stereocenters. The van der Waals surface area contributed by atoms with E-state index in [9.17, 15) is 9.59 Å². The molecule has 0 spiro atoms. The van der Waals surface area contributed by atoms with Crippen molar-refractivity contribution >= 4 is 23.4 Å². The summed E-state index contributed by atoms with van der Waals surface area (Å²) in [5.74, 6) is -1.68. The molecule has 6 nitrogen and oxygen atoms in total. The molecule has 2 aromatic carbocycles. The van der Waals surface area contributed by atoms with Crippen molar-refractivity contribution in [1.82, 2.24) is 0 Å². The molecule has 0 aliphatic heterocycles. The molecule has 2 rings (SSSR count). The second-order valence-corrected chi connectivity index (χ2v) is 6.32. The molecular formula is C20H21ClO6. The van der Waals surface area contributed by atoms with E-state index in [1.54, 1.807) is 13.0 Å².